The van der Waals surface area contributed by atoms with Crippen LogP contribution in [-0.4, -0.2) is 35.7 Å². The molecule has 1 fully saturated rings. The molecule has 1 aliphatic heterocycles. The predicted molar refractivity (Wildman–Crippen MR) is 54.6 cm³/mol. The molecule has 1 saturated heterocycles. The molecule has 2 unspecified atom stereocenters. The molecule has 0 aromatic rings. The number of nitrogens with one attached hydrogen (secondary N) is 1. The molecule has 86 valence electrons. The van der Waals surface area contributed by atoms with E-state index in [0.29, 0.717) is 13.0 Å². The third-order valence-electron chi connectivity index (χ3n) is 2.42. The van der Waals surface area contributed by atoms with Gasteiger partial charge in [-0.15, -0.1) is 0 Å². The highest BCUT2D eigenvalue weighted by atomic mass is 16.5. The zero-order valence-corrected chi connectivity index (χ0v) is 8.77. The molecule has 0 saturated carbocycles. The Bertz CT molecular complexity index is 249. The van der Waals surface area contributed by atoms with Gasteiger partial charge in [0, 0.05) is 6.61 Å². The van der Waals surface area contributed by atoms with E-state index in [4.69, 9.17) is 15.7 Å². The number of oxime groups is 1. The Balaban J connectivity index is 2.47. The van der Waals surface area contributed by atoms with Crippen LogP contribution in [0.1, 0.15) is 26.2 Å². The van der Waals surface area contributed by atoms with Crippen LogP contribution in [0.25, 0.3) is 0 Å². The Morgan fingerprint density at radius 2 is 2.53 bits per heavy atom. The van der Waals surface area contributed by atoms with Crippen molar-refractivity contribution in [1.82, 2.24) is 5.32 Å². The molecule has 0 aromatic carbocycles. The van der Waals surface area contributed by atoms with Gasteiger partial charge in [-0.3, -0.25) is 4.79 Å². The quantitative estimate of drug-likeness (QED) is 0.262. The maximum Gasteiger partial charge on any atom is 0.249 e. The summed E-state index contributed by atoms with van der Waals surface area (Å²) in [5.41, 5.74) is 5.42. The first-order valence-electron chi connectivity index (χ1n) is 5.08. The number of rotatable bonds is 4. The number of amidine groups is 1. The summed E-state index contributed by atoms with van der Waals surface area (Å²) < 4.78 is 5.22. The molecular formula is C9H17N3O3. The fourth-order valence-corrected chi connectivity index (χ4v) is 1.50. The number of hydrogen-bond acceptors (Lipinski definition) is 4. The van der Waals surface area contributed by atoms with Gasteiger partial charge >= 0.3 is 0 Å². The third-order valence-corrected chi connectivity index (χ3v) is 2.42. The van der Waals surface area contributed by atoms with E-state index in [0.717, 1.165) is 12.8 Å². The van der Waals surface area contributed by atoms with E-state index in [1.165, 1.54) is 0 Å². The summed E-state index contributed by atoms with van der Waals surface area (Å²) in [6.45, 7) is 2.47. The highest BCUT2D eigenvalue weighted by Gasteiger charge is 2.26. The van der Waals surface area contributed by atoms with Crippen LogP contribution in [0.2, 0.25) is 0 Å². The lowest BCUT2D eigenvalue weighted by molar-refractivity contribution is -0.130. The maximum absolute atomic E-state index is 11.6. The van der Waals surface area contributed by atoms with Crippen molar-refractivity contribution in [3.63, 3.8) is 0 Å². The van der Waals surface area contributed by atoms with Crippen molar-refractivity contribution < 1.29 is 14.7 Å². The molecule has 15 heavy (non-hydrogen) atoms. The third kappa shape index (κ3) is 3.09. The van der Waals surface area contributed by atoms with Crippen LogP contribution in [0.5, 0.6) is 0 Å². The Morgan fingerprint density at radius 3 is 3.00 bits per heavy atom. The minimum absolute atomic E-state index is 0.0175. The normalized spacial score (nSPS) is 23.8. The van der Waals surface area contributed by atoms with E-state index in [1.807, 2.05) is 6.92 Å². The van der Waals surface area contributed by atoms with Crippen LogP contribution in [0.4, 0.5) is 0 Å². The van der Waals surface area contributed by atoms with Gasteiger partial charge < -0.3 is 21.0 Å². The standard InChI is InChI=1S/C9H17N3O3/c1-2-6(8(10)12-14)11-9(13)7-4-3-5-15-7/h6-7,14H,2-5H2,1H3,(H2,10,12)(H,11,13). The van der Waals surface area contributed by atoms with Crippen molar-refractivity contribution in [3.05, 3.63) is 0 Å². The number of ether oxygens (including phenoxy) is 1. The Labute approximate surface area is 88.5 Å². The molecule has 1 amide bonds. The van der Waals surface area contributed by atoms with Gasteiger partial charge in [0.05, 0.1) is 6.04 Å². The van der Waals surface area contributed by atoms with Crippen molar-refractivity contribution >= 4 is 11.7 Å². The van der Waals surface area contributed by atoms with E-state index in [9.17, 15) is 4.79 Å². The van der Waals surface area contributed by atoms with Crippen LogP contribution in [-0.2, 0) is 9.53 Å². The summed E-state index contributed by atoms with van der Waals surface area (Å²) in [7, 11) is 0. The van der Waals surface area contributed by atoms with Gasteiger partial charge in [0.15, 0.2) is 5.84 Å². The second kappa shape index (κ2) is 5.55. The lowest BCUT2D eigenvalue weighted by Gasteiger charge is -2.17. The van der Waals surface area contributed by atoms with Crippen molar-refractivity contribution in [3.8, 4) is 0 Å². The number of carbonyl (C=O) groups excluding carboxylic acids is 1. The monoisotopic (exact) mass is 215 g/mol. The van der Waals surface area contributed by atoms with Gasteiger partial charge in [-0.1, -0.05) is 12.1 Å². The Hall–Kier alpha value is -1.30. The number of hydrogen-bond donors (Lipinski definition) is 3. The van der Waals surface area contributed by atoms with Gasteiger partial charge in [0.2, 0.25) is 5.91 Å². The highest BCUT2D eigenvalue weighted by Crippen LogP contribution is 2.12. The minimum atomic E-state index is -0.424. The van der Waals surface area contributed by atoms with Crippen molar-refractivity contribution in [2.75, 3.05) is 6.61 Å². The highest BCUT2D eigenvalue weighted by molar-refractivity contribution is 5.91. The second-order valence-corrected chi connectivity index (χ2v) is 3.50. The molecule has 1 heterocycles. The molecule has 0 radical (unpaired) electrons. The topological polar surface area (TPSA) is 96.9 Å². The molecule has 0 bridgehead atoms. The fourth-order valence-electron chi connectivity index (χ4n) is 1.50. The van der Waals surface area contributed by atoms with E-state index >= 15 is 0 Å². The van der Waals surface area contributed by atoms with Crippen molar-refractivity contribution in [1.29, 1.82) is 0 Å². The maximum atomic E-state index is 11.6. The van der Waals surface area contributed by atoms with Crippen molar-refractivity contribution in [2.45, 2.75) is 38.3 Å². The Morgan fingerprint density at radius 1 is 1.80 bits per heavy atom. The summed E-state index contributed by atoms with van der Waals surface area (Å²) in [5, 5.41) is 14.1. The zero-order valence-electron chi connectivity index (χ0n) is 8.77. The molecule has 4 N–H and O–H groups in total. The Kier molecular flexibility index (Phi) is 4.36. The smallest absolute Gasteiger partial charge is 0.249 e. The molecule has 1 aliphatic rings. The first kappa shape index (κ1) is 11.8. The number of amides is 1. The van der Waals surface area contributed by atoms with Crippen LogP contribution in [0.3, 0.4) is 0 Å². The van der Waals surface area contributed by atoms with E-state index in [2.05, 4.69) is 10.5 Å². The lowest BCUT2D eigenvalue weighted by atomic mass is 10.1. The zero-order chi connectivity index (χ0) is 11.3. The minimum Gasteiger partial charge on any atom is -0.409 e. The summed E-state index contributed by atoms with van der Waals surface area (Å²) in [4.78, 5) is 11.6. The van der Waals surface area contributed by atoms with Crippen LogP contribution in [0, 0.1) is 0 Å². The largest absolute Gasteiger partial charge is 0.409 e. The van der Waals surface area contributed by atoms with Gasteiger partial charge in [-0.2, -0.15) is 0 Å². The van der Waals surface area contributed by atoms with Gasteiger partial charge in [-0.05, 0) is 19.3 Å². The summed E-state index contributed by atoms with van der Waals surface area (Å²) in [5.74, 6) is -0.171. The van der Waals surface area contributed by atoms with Gasteiger partial charge in [0.25, 0.3) is 0 Å². The first-order chi connectivity index (χ1) is 7.19. The molecule has 2 atom stereocenters. The van der Waals surface area contributed by atoms with Crippen LogP contribution >= 0.6 is 0 Å². The number of nitrogens with zero attached hydrogens (tertiary/aromatic N) is 1. The average molecular weight is 215 g/mol. The van der Waals surface area contributed by atoms with E-state index < -0.39 is 6.04 Å². The summed E-state index contributed by atoms with van der Waals surface area (Å²) in [6.07, 6.45) is 1.83. The lowest BCUT2D eigenvalue weighted by Crippen LogP contribution is -2.47. The van der Waals surface area contributed by atoms with Crippen LogP contribution < -0.4 is 11.1 Å². The average Bonchev–Trinajstić information content (AvgIpc) is 2.77. The molecule has 6 nitrogen and oxygen atoms in total. The number of nitrogens with two attached hydrogens (primary N) is 1. The molecule has 0 aromatic heterocycles. The number of carbonyl (C=O) groups is 1. The van der Waals surface area contributed by atoms with Gasteiger partial charge in [0.1, 0.15) is 6.10 Å². The van der Waals surface area contributed by atoms with Crippen LogP contribution in [0.15, 0.2) is 5.16 Å². The predicted octanol–water partition coefficient (Wildman–Crippen LogP) is -0.193. The summed E-state index contributed by atoms with van der Waals surface area (Å²) in [6, 6.07) is -0.424. The first-order valence-corrected chi connectivity index (χ1v) is 5.08. The molecule has 1 rings (SSSR count). The van der Waals surface area contributed by atoms with E-state index in [1.54, 1.807) is 0 Å². The molecule has 0 spiro atoms. The fraction of sp³-hybridized carbons (Fsp3) is 0.778. The van der Waals surface area contributed by atoms with Crippen molar-refractivity contribution in [2.24, 2.45) is 10.9 Å². The SMILES string of the molecule is CCC(NC(=O)C1CCCO1)/C(N)=N/O. The van der Waals surface area contributed by atoms with Gasteiger partial charge in [-0.25, -0.2) is 0 Å². The molecular weight excluding hydrogens is 198 g/mol. The van der Waals surface area contributed by atoms with E-state index in [-0.39, 0.29) is 17.8 Å². The molecule has 6 heteroatoms. The molecule has 0 aliphatic carbocycles. The summed E-state index contributed by atoms with van der Waals surface area (Å²) >= 11 is 0. The second-order valence-electron chi connectivity index (χ2n) is 3.50.